The molecule has 0 unspecified atom stereocenters. The van der Waals surface area contributed by atoms with Crippen molar-refractivity contribution in [1.82, 2.24) is 14.8 Å². The lowest BCUT2D eigenvalue weighted by molar-refractivity contribution is -0.138. The quantitative estimate of drug-likeness (QED) is 0.774. The van der Waals surface area contributed by atoms with Gasteiger partial charge in [0.25, 0.3) is 0 Å². The van der Waals surface area contributed by atoms with Crippen LogP contribution >= 0.6 is 11.6 Å². The van der Waals surface area contributed by atoms with Crippen molar-refractivity contribution in [3.8, 4) is 5.82 Å². The fourth-order valence-electron chi connectivity index (χ4n) is 2.85. The van der Waals surface area contributed by atoms with Crippen LogP contribution in [-0.2, 0) is 19.0 Å². The summed E-state index contributed by atoms with van der Waals surface area (Å²) in [6.45, 7) is 2.94. The van der Waals surface area contributed by atoms with Gasteiger partial charge in [-0.05, 0) is 51.2 Å². The number of fused-ring (bicyclic) bond motifs is 1. The molecule has 2 aromatic heterocycles. The van der Waals surface area contributed by atoms with E-state index in [4.69, 9.17) is 11.6 Å². The van der Waals surface area contributed by atoms with Gasteiger partial charge in [-0.25, -0.2) is 9.67 Å². The molecule has 1 aliphatic carbocycles. The maximum absolute atomic E-state index is 12.9. The molecule has 0 amide bonds. The zero-order chi connectivity index (χ0) is 16.1. The first-order valence-electron chi connectivity index (χ1n) is 7.11. The largest absolute Gasteiger partial charge is 0.418 e. The first kappa shape index (κ1) is 15.3. The van der Waals surface area contributed by atoms with Gasteiger partial charge in [-0.15, -0.1) is 0 Å². The Balaban J connectivity index is 2.14. The van der Waals surface area contributed by atoms with Gasteiger partial charge in [0, 0.05) is 5.56 Å². The number of halogens is 4. The zero-order valence-corrected chi connectivity index (χ0v) is 13.0. The van der Waals surface area contributed by atoms with E-state index in [1.54, 1.807) is 6.92 Å². The standard InChI is InChI=1S/C15H15ClF3N3/c1-8-7-11(15(17,18)19)9(2)20-14(8)22-13(16)10-5-3-4-6-12(10)21-22/h7H,3-6H2,1-2H3. The highest BCUT2D eigenvalue weighted by Crippen LogP contribution is 2.34. The minimum atomic E-state index is -4.41. The molecule has 0 bridgehead atoms. The van der Waals surface area contributed by atoms with E-state index in [0.717, 1.165) is 43.0 Å². The van der Waals surface area contributed by atoms with Crippen molar-refractivity contribution in [3.05, 3.63) is 39.3 Å². The Morgan fingerprint density at radius 2 is 1.86 bits per heavy atom. The molecule has 0 aromatic carbocycles. The molecule has 118 valence electrons. The molecule has 22 heavy (non-hydrogen) atoms. The van der Waals surface area contributed by atoms with Crippen LogP contribution in [0.1, 0.15) is 40.9 Å². The van der Waals surface area contributed by atoms with Crippen molar-refractivity contribution < 1.29 is 13.2 Å². The second kappa shape index (κ2) is 5.26. The first-order chi connectivity index (χ1) is 10.3. The SMILES string of the molecule is Cc1cc(C(F)(F)F)c(C)nc1-n1nc2c(c1Cl)CCCC2. The van der Waals surface area contributed by atoms with Crippen molar-refractivity contribution in [2.45, 2.75) is 45.7 Å². The van der Waals surface area contributed by atoms with E-state index in [1.165, 1.54) is 11.6 Å². The van der Waals surface area contributed by atoms with Gasteiger partial charge in [0.15, 0.2) is 5.82 Å². The summed E-state index contributed by atoms with van der Waals surface area (Å²) in [4.78, 5) is 4.11. The normalized spacial score (nSPS) is 15.0. The number of rotatable bonds is 1. The third-order valence-electron chi connectivity index (χ3n) is 3.98. The van der Waals surface area contributed by atoms with Gasteiger partial charge in [0.1, 0.15) is 5.15 Å². The molecule has 0 fully saturated rings. The first-order valence-corrected chi connectivity index (χ1v) is 7.49. The van der Waals surface area contributed by atoms with Gasteiger partial charge in [-0.2, -0.15) is 18.3 Å². The van der Waals surface area contributed by atoms with Gasteiger partial charge in [-0.1, -0.05) is 11.6 Å². The summed E-state index contributed by atoms with van der Waals surface area (Å²) in [5.74, 6) is 0.366. The highest BCUT2D eigenvalue weighted by atomic mass is 35.5. The topological polar surface area (TPSA) is 30.7 Å². The van der Waals surface area contributed by atoms with Gasteiger partial charge < -0.3 is 0 Å². The minimum Gasteiger partial charge on any atom is -0.233 e. The molecule has 1 aliphatic rings. The Morgan fingerprint density at radius 3 is 2.50 bits per heavy atom. The fourth-order valence-corrected chi connectivity index (χ4v) is 3.17. The van der Waals surface area contributed by atoms with Crippen LogP contribution in [-0.4, -0.2) is 14.8 Å². The number of hydrogen-bond donors (Lipinski definition) is 0. The van der Waals surface area contributed by atoms with Crippen molar-refractivity contribution in [3.63, 3.8) is 0 Å². The Kier molecular flexibility index (Phi) is 3.67. The van der Waals surface area contributed by atoms with Crippen LogP contribution in [0.5, 0.6) is 0 Å². The number of alkyl halides is 3. The van der Waals surface area contributed by atoms with Crippen molar-refractivity contribution in [2.75, 3.05) is 0 Å². The third-order valence-corrected chi connectivity index (χ3v) is 4.37. The van der Waals surface area contributed by atoms with Gasteiger partial charge >= 0.3 is 6.18 Å². The summed E-state index contributed by atoms with van der Waals surface area (Å²) in [6, 6.07) is 1.11. The number of aryl methyl sites for hydroxylation is 3. The van der Waals surface area contributed by atoms with E-state index < -0.39 is 11.7 Å². The molecule has 2 heterocycles. The lowest BCUT2D eigenvalue weighted by atomic mass is 9.99. The molecule has 0 aliphatic heterocycles. The summed E-state index contributed by atoms with van der Waals surface area (Å²) in [5, 5.41) is 4.92. The van der Waals surface area contributed by atoms with Crippen LogP contribution in [0.2, 0.25) is 5.15 Å². The second-order valence-corrected chi connectivity index (χ2v) is 5.95. The molecule has 0 N–H and O–H groups in total. The van der Waals surface area contributed by atoms with Crippen LogP contribution in [0.4, 0.5) is 13.2 Å². The van der Waals surface area contributed by atoms with Crippen LogP contribution in [0.15, 0.2) is 6.07 Å². The Bertz CT molecular complexity index is 735. The Hall–Kier alpha value is -1.56. The fraction of sp³-hybridized carbons (Fsp3) is 0.467. The highest BCUT2D eigenvalue weighted by Gasteiger charge is 2.34. The average molecular weight is 330 g/mol. The molecule has 3 rings (SSSR count). The number of aromatic nitrogens is 3. The molecule has 0 saturated heterocycles. The maximum Gasteiger partial charge on any atom is 0.418 e. The number of nitrogens with zero attached hydrogens (tertiary/aromatic N) is 3. The predicted molar refractivity (Wildman–Crippen MR) is 77.5 cm³/mol. The predicted octanol–water partition coefficient (Wildman–Crippen LogP) is 4.44. The van der Waals surface area contributed by atoms with Crippen LogP contribution in [0.25, 0.3) is 5.82 Å². The summed E-state index contributed by atoms with van der Waals surface area (Å²) in [7, 11) is 0. The summed E-state index contributed by atoms with van der Waals surface area (Å²) < 4.78 is 40.3. The molecule has 0 spiro atoms. The number of hydrogen-bond acceptors (Lipinski definition) is 2. The second-order valence-electron chi connectivity index (χ2n) is 5.59. The molecular formula is C15H15ClF3N3. The Labute approximate surface area is 131 Å². The van der Waals surface area contributed by atoms with Gasteiger partial charge in [-0.3, -0.25) is 0 Å². The monoisotopic (exact) mass is 329 g/mol. The van der Waals surface area contributed by atoms with Crippen molar-refractivity contribution in [2.24, 2.45) is 0 Å². The number of pyridine rings is 1. The van der Waals surface area contributed by atoms with E-state index in [9.17, 15) is 13.2 Å². The van der Waals surface area contributed by atoms with Crippen LogP contribution in [0, 0.1) is 13.8 Å². The van der Waals surface area contributed by atoms with E-state index in [0.29, 0.717) is 16.5 Å². The molecular weight excluding hydrogens is 315 g/mol. The molecule has 0 atom stereocenters. The van der Waals surface area contributed by atoms with E-state index in [-0.39, 0.29) is 5.69 Å². The molecule has 2 aromatic rings. The van der Waals surface area contributed by atoms with Crippen LogP contribution in [0.3, 0.4) is 0 Å². The van der Waals surface area contributed by atoms with Crippen LogP contribution < -0.4 is 0 Å². The summed E-state index contributed by atoms with van der Waals surface area (Å²) in [5.41, 5.74) is 1.53. The lowest BCUT2D eigenvalue weighted by Crippen LogP contribution is -2.13. The van der Waals surface area contributed by atoms with Crippen molar-refractivity contribution in [1.29, 1.82) is 0 Å². The molecule has 0 radical (unpaired) electrons. The lowest BCUT2D eigenvalue weighted by Gasteiger charge is -2.14. The van der Waals surface area contributed by atoms with Gasteiger partial charge in [0.2, 0.25) is 0 Å². The molecule has 3 nitrogen and oxygen atoms in total. The smallest absolute Gasteiger partial charge is 0.233 e. The third kappa shape index (κ3) is 2.49. The minimum absolute atomic E-state index is 0.0716. The summed E-state index contributed by atoms with van der Waals surface area (Å²) >= 11 is 6.37. The molecule has 7 heteroatoms. The van der Waals surface area contributed by atoms with E-state index >= 15 is 0 Å². The molecule has 0 saturated carbocycles. The van der Waals surface area contributed by atoms with E-state index in [2.05, 4.69) is 10.1 Å². The Morgan fingerprint density at radius 1 is 1.18 bits per heavy atom. The summed E-state index contributed by atoms with van der Waals surface area (Å²) in [6.07, 6.45) is -0.600. The van der Waals surface area contributed by atoms with E-state index in [1.807, 2.05) is 0 Å². The van der Waals surface area contributed by atoms with Gasteiger partial charge in [0.05, 0.1) is 17.0 Å². The zero-order valence-electron chi connectivity index (χ0n) is 12.3. The van der Waals surface area contributed by atoms with Crippen molar-refractivity contribution >= 4 is 11.6 Å². The highest BCUT2D eigenvalue weighted by molar-refractivity contribution is 6.30. The maximum atomic E-state index is 12.9. The average Bonchev–Trinajstić information content (AvgIpc) is 2.77.